The zero-order valence-electron chi connectivity index (χ0n) is 6.21. The molecule has 12 heavy (non-hydrogen) atoms. The van der Waals surface area contributed by atoms with Crippen LogP contribution in [0.4, 0.5) is 0 Å². The maximum atomic E-state index is 8.44. The van der Waals surface area contributed by atoms with Crippen molar-refractivity contribution in [2.75, 3.05) is 6.61 Å². The van der Waals surface area contributed by atoms with Crippen LogP contribution < -0.4 is 0 Å². The van der Waals surface area contributed by atoms with E-state index >= 15 is 0 Å². The van der Waals surface area contributed by atoms with Gasteiger partial charge in [0.05, 0.1) is 0 Å². The van der Waals surface area contributed by atoms with Crippen LogP contribution in [0.1, 0.15) is 4.88 Å². The number of aliphatic hydroxyl groups is 1. The molecular weight excluding hydrogens is 182 g/mol. The fourth-order valence-electron chi connectivity index (χ4n) is 0.565. The first kappa shape index (κ1) is 10.9. The lowest BCUT2D eigenvalue weighted by Gasteiger charge is -1.85. The molecule has 0 fully saturated rings. The van der Waals surface area contributed by atoms with Crippen molar-refractivity contribution in [2.24, 2.45) is 0 Å². The molecular formula is C6H9NO4S. The van der Waals surface area contributed by atoms with Crippen LogP contribution in [0.5, 0.6) is 0 Å². The molecule has 6 heteroatoms. The average Bonchev–Trinajstić information content (AvgIpc) is 2.39. The van der Waals surface area contributed by atoms with Gasteiger partial charge in [0.1, 0.15) is 0 Å². The second-order valence-corrected chi connectivity index (χ2v) is 2.82. The van der Waals surface area contributed by atoms with E-state index < -0.39 is 5.09 Å². The Kier molecular flexibility index (Phi) is 5.94. The van der Waals surface area contributed by atoms with Crippen molar-refractivity contribution in [1.29, 1.82) is 0 Å². The molecule has 0 aliphatic heterocycles. The zero-order valence-corrected chi connectivity index (χ0v) is 7.03. The van der Waals surface area contributed by atoms with Crippen LogP contribution in [-0.4, -0.2) is 22.0 Å². The first-order valence-electron chi connectivity index (χ1n) is 3.13. The summed E-state index contributed by atoms with van der Waals surface area (Å²) < 4.78 is 0. The highest BCUT2D eigenvalue weighted by Gasteiger charge is 1.87. The van der Waals surface area contributed by atoms with Gasteiger partial charge in [0.25, 0.3) is 5.09 Å². The zero-order chi connectivity index (χ0) is 9.40. The summed E-state index contributed by atoms with van der Waals surface area (Å²) in [7, 11) is 0. The van der Waals surface area contributed by atoms with Gasteiger partial charge >= 0.3 is 0 Å². The number of hydrogen-bond donors (Lipinski definition) is 2. The molecule has 0 radical (unpaired) electrons. The summed E-state index contributed by atoms with van der Waals surface area (Å²) in [5, 5.41) is 24.1. The van der Waals surface area contributed by atoms with Gasteiger partial charge in [-0.15, -0.1) is 21.5 Å². The van der Waals surface area contributed by atoms with Crippen LogP contribution in [0.15, 0.2) is 17.5 Å². The molecule has 1 aromatic rings. The monoisotopic (exact) mass is 191 g/mol. The van der Waals surface area contributed by atoms with Gasteiger partial charge in [0.15, 0.2) is 0 Å². The average molecular weight is 191 g/mol. The Hall–Kier alpha value is -1.14. The van der Waals surface area contributed by atoms with Crippen LogP contribution in [0.25, 0.3) is 0 Å². The molecule has 0 atom stereocenters. The van der Waals surface area contributed by atoms with Crippen molar-refractivity contribution < 1.29 is 15.4 Å². The van der Waals surface area contributed by atoms with Gasteiger partial charge in [-0.25, -0.2) is 0 Å². The molecule has 0 bridgehead atoms. The normalized spacial score (nSPS) is 8.42. The maximum absolute atomic E-state index is 8.44. The molecule has 0 saturated carbocycles. The van der Waals surface area contributed by atoms with Crippen LogP contribution in [0.3, 0.4) is 0 Å². The number of rotatable bonds is 2. The van der Waals surface area contributed by atoms with Gasteiger partial charge in [-0.05, 0) is 11.4 Å². The van der Waals surface area contributed by atoms with Gasteiger partial charge in [-0.1, -0.05) is 6.07 Å². The van der Waals surface area contributed by atoms with E-state index in [1.807, 2.05) is 17.5 Å². The van der Waals surface area contributed by atoms with E-state index in [1.165, 1.54) is 4.88 Å². The lowest BCUT2D eigenvalue weighted by molar-refractivity contribution is -0.742. The van der Waals surface area contributed by atoms with Crippen molar-refractivity contribution in [2.45, 2.75) is 6.42 Å². The molecule has 0 saturated heterocycles. The van der Waals surface area contributed by atoms with Crippen LogP contribution in [-0.2, 0) is 6.42 Å². The topological polar surface area (TPSA) is 83.6 Å². The van der Waals surface area contributed by atoms with Gasteiger partial charge in [0.2, 0.25) is 0 Å². The molecule has 5 nitrogen and oxygen atoms in total. The molecule has 1 rings (SSSR count). The third-order valence-corrected chi connectivity index (χ3v) is 1.87. The third kappa shape index (κ3) is 6.97. The Morgan fingerprint density at radius 2 is 2.25 bits per heavy atom. The molecule has 2 N–H and O–H groups in total. The molecule has 0 aliphatic rings. The lowest BCUT2D eigenvalue weighted by Crippen LogP contribution is -1.84. The minimum atomic E-state index is -1.50. The number of thiophene rings is 1. The largest absolute Gasteiger partial charge is 0.396 e. The second-order valence-electron chi connectivity index (χ2n) is 1.79. The third-order valence-electron chi connectivity index (χ3n) is 0.938. The van der Waals surface area contributed by atoms with Gasteiger partial charge in [-0.3, -0.25) is 0 Å². The van der Waals surface area contributed by atoms with Crippen molar-refractivity contribution >= 4 is 11.3 Å². The lowest BCUT2D eigenvalue weighted by atomic mass is 10.4. The fraction of sp³-hybridized carbons (Fsp3) is 0.333. The summed E-state index contributed by atoms with van der Waals surface area (Å²) in [6.45, 7) is 0.264. The fourth-order valence-corrected chi connectivity index (χ4v) is 1.26. The number of nitrogens with zero attached hydrogens (tertiary/aromatic N) is 1. The smallest absolute Gasteiger partial charge is 0.291 e. The van der Waals surface area contributed by atoms with Crippen LogP contribution in [0, 0.1) is 10.1 Å². The minimum Gasteiger partial charge on any atom is -0.396 e. The second kappa shape index (κ2) is 6.56. The summed E-state index contributed by atoms with van der Waals surface area (Å²) in [4.78, 5) is 9.62. The molecule has 1 aromatic heterocycles. The Bertz CT molecular complexity index is 207. The summed E-state index contributed by atoms with van der Waals surface area (Å²) in [6.07, 6.45) is 0.803. The van der Waals surface area contributed by atoms with Crippen molar-refractivity contribution in [3.63, 3.8) is 0 Å². The first-order chi connectivity index (χ1) is 5.66. The Morgan fingerprint density at radius 3 is 2.58 bits per heavy atom. The summed E-state index contributed by atoms with van der Waals surface area (Å²) in [6, 6.07) is 4.02. The van der Waals surface area contributed by atoms with E-state index in [0.717, 1.165) is 6.42 Å². The molecule has 1 heterocycles. The van der Waals surface area contributed by atoms with Gasteiger partial charge in [-0.2, -0.15) is 0 Å². The highest BCUT2D eigenvalue weighted by molar-refractivity contribution is 7.09. The molecule has 0 unspecified atom stereocenters. The summed E-state index contributed by atoms with van der Waals surface area (Å²) in [5.41, 5.74) is 0. The molecule has 0 amide bonds. The number of aliphatic hydroxyl groups excluding tert-OH is 1. The van der Waals surface area contributed by atoms with Crippen molar-refractivity contribution in [1.82, 2.24) is 0 Å². The molecule has 0 spiro atoms. The summed E-state index contributed by atoms with van der Waals surface area (Å²) in [5.74, 6) is 0. The standard InChI is InChI=1S/C6H8OS.HNO3/c7-4-3-6-2-1-5-8-6;2-1(3)4/h1-2,5,7H,3-4H2;(H,2,3,4). The van der Waals surface area contributed by atoms with Crippen LogP contribution in [0.2, 0.25) is 0 Å². The Balaban J connectivity index is 0.000000261. The first-order valence-corrected chi connectivity index (χ1v) is 4.01. The summed E-state index contributed by atoms with van der Waals surface area (Å²) >= 11 is 1.69. The SMILES string of the molecule is O=[N+]([O-])O.OCCc1cccs1. The van der Waals surface area contributed by atoms with E-state index in [1.54, 1.807) is 11.3 Å². The molecule has 0 aromatic carbocycles. The van der Waals surface area contributed by atoms with Crippen LogP contribution >= 0.6 is 11.3 Å². The minimum absolute atomic E-state index is 0.264. The highest BCUT2D eigenvalue weighted by atomic mass is 32.1. The Labute approximate surface area is 73.0 Å². The van der Waals surface area contributed by atoms with E-state index in [0.29, 0.717) is 0 Å². The van der Waals surface area contributed by atoms with E-state index in [9.17, 15) is 0 Å². The molecule has 68 valence electrons. The predicted octanol–water partition coefficient (Wildman–Crippen LogP) is 0.935. The molecule has 0 aliphatic carbocycles. The highest BCUT2D eigenvalue weighted by Crippen LogP contribution is 2.07. The Morgan fingerprint density at radius 1 is 1.67 bits per heavy atom. The van der Waals surface area contributed by atoms with E-state index in [-0.39, 0.29) is 6.61 Å². The number of hydrogen-bond acceptors (Lipinski definition) is 4. The van der Waals surface area contributed by atoms with Gasteiger partial charge < -0.3 is 10.3 Å². The van der Waals surface area contributed by atoms with Crippen molar-refractivity contribution in [3.05, 3.63) is 32.5 Å². The van der Waals surface area contributed by atoms with Gasteiger partial charge in [0, 0.05) is 17.9 Å². The van der Waals surface area contributed by atoms with Crippen molar-refractivity contribution in [3.8, 4) is 0 Å². The van der Waals surface area contributed by atoms with E-state index in [4.69, 9.17) is 20.4 Å². The predicted molar refractivity (Wildman–Crippen MR) is 43.9 cm³/mol. The van der Waals surface area contributed by atoms with E-state index in [2.05, 4.69) is 0 Å². The maximum Gasteiger partial charge on any atom is 0.291 e. The quantitative estimate of drug-likeness (QED) is 0.538.